The Labute approximate surface area is 169 Å². The third-order valence-electron chi connectivity index (χ3n) is 4.10. The fraction of sp³-hybridized carbons (Fsp3) is 0.250. The number of nitriles is 1. The van der Waals surface area contributed by atoms with Gasteiger partial charge in [0.2, 0.25) is 5.91 Å². The number of para-hydroxylation sites is 1. The highest BCUT2D eigenvalue weighted by atomic mass is 32.2. The van der Waals surface area contributed by atoms with Crippen molar-refractivity contribution in [2.45, 2.75) is 11.0 Å². The van der Waals surface area contributed by atoms with Gasteiger partial charge in [-0.3, -0.25) is 9.59 Å². The van der Waals surface area contributed by atoms with Crippen LogP contribution < -0.4 is 15.4 Å². The Balaban J connectivity index is 2.23. The van der Waals surface area contributed by atoms with Crippen molar-refractivity contribution in [2.24, 2.45) is 0 Å². The van der Waals surface area contributed by atoms with Crippen molar-refractivity contribution in [3.63, 3.8) is 0 Å². The van der Waals surface area contributed by atoms with Crippen molar-refractivity contribution in [2.75, 3.05) is 20.2 Å². The zero-order valence-electron chi connectivity index (χ0n) is 15.8. The smallest absolute Gasteiger partial charge is 0.251 e. The molecular weight excluding hydrogens is 394 g/mol. The maximum Gasteiger partial charge on any atom is 0.251 e. The number of nitrogens with one attached hydrogen (secondary N) is 2. The fourth-order valence-electron chi connectivity index (χ4n) is 2.64. The number of ether oxygens (including phenoxy) is 1. The van der Waals surface area contributed by atoms with Crippen LogP contribution in [-0.4, -0.2) is 45.7 Å². The summed E-state index contributed by atoms with van der Waals surface area (Å²) in [6.45, 7) is -0.769. The molecule has 2 amide bonds. The molecule has 29 heavy (non-hydrogen) atoms. The molecule has 0 aliphatic carbocycles. The van der Waals surface area contributed by atoms with Gasteiger partial charge in [-0.2, -0.15) is 5.26 Å². The highest BCUT2D eigenvalue weighted by Crippen LogP contribution is 2.22. The second-order valence-corrected chi connectivity index (χ2v) is 8.24. The van der Waals surface area contributed by atoms with Crippen LogP contribution in [0.4, 0.5) is 0 Å². The lowest BCUT2D eigenvalue weighted by Crippen LogP contribution is -2.47. The molecule has 0 aromatic heterocycles. The summed E-state index contributed by atoms with van der Waals surface area (Å²) in [5.41, 5.74) is 0.730. The van der Waals surface area contributed by atoms with E-state index in [1.54, 1.807) is 60.7 Å². The molecule has 0 radical (unpaired) electrons. The van der Waals surface area contributed by atoms with Gasteiger partial charge in [0, 0.05) is 17.7 Å². The third-order valence-corrected chi connectivity index (χ3v) is 6.06. The molecule has 0 heterocycles. The molecule has 152 valence electrons. The molecule has 9 heteroatoms. The van der Waals surface area contributed by atoms with E-state index in [4.69, 9.17) is 10.00 Å². The maximum absolute atomic E-state index is 13.0. The molecule has 2 rings (SSSR count). The number of nitrogens with zero attached hydrogens (tertiary/aromatic N) is 1. The largest absolute Gasteiger partial charge is 0.496 e. The highest BCUT2D eigenvalue weighted by molar-refractivity contribution is 7.92. The van der Waals surface area contributed by atoms with E-state index in [1.165, 1.54) is 7.11 Å². The maximum atomic E-state index is 13.0. The van der Waals surface area contributed by atoms with E-state index in [-0.39, 0.29) is 6.54 Å². The van der Waals surface area contributed by atoms with Gasteiger partial charge in [0.25, 0.3) is 5.91 Å². The van der Waals surface area contributed by atoms with Crippen LogP contribution >= 0.6 is 0 Å². The van der Waals surface area contributed by atoms with Crippen molar-refractivity contribution < 1.29 is 22.7 Å². The molecule has 0 spiro atoms. The predicted octanol–water partition coefficient (Wildman–Crippen LogP) is 1.05. The average molecular weight is 415 g/mol. The minimum Gasteiger partial charge on any atom is -0.496 e. The minimum atomic E-state index is -4.03. The van der Waals surface area contributed by atoms with Gasteiger partial charge in [-0.05, 0) is 18.2 Å². The monoisotopic (exact) mass is 415 g/mol. The van der Waals surface area contributed by atoms with Gasteiger partial charge >= 0.3 is 0 Å². The van der Waals surface area contributed by atoms with Crippen molar-refractivity contribution in [3.05, 3.63) is 65.7 Å². The summed E-state index contributed by atoms with van der Waals surface area (Å²) in [6.07, 6.45) is 0. The Morgan fingerprint density at radius 1 is 1.07 bits per heavy atom. The number of carbonyl (C=O) groups excluding carboxylic acids is 2. The van der Waals surface area contributed by atoms with Crippen LogP contribution in [-0.2, 0) is 20.4 Å². The molecule has 0 aliphatic rings. The summed E-state index contributed by atoms with van der Waals surface area (Å²) in [7, 11) is -2.61. The normalized spacial score (nSPS) is 11.7. The topological polar surface area (TPSA) is 125 Å². The lowest BCUT2D eigenvalue weighted by Gasteiger charge is -2.18. The molecule has 8 nitrogen and oxygen atoms in total. The number of hydrogen-bond donors (Lipinski definition) is 2. The van der Waals surface area contributed by atoms with E-state index in [0.29, 0.717) is 16.9 Å². The highest BCUT2D eigenvalue weighted by Gasteiger charge is 2.33. The quantitative estimate of drug-likeness (QED) is 0.590. The second-order valence-electron chi connectivity index (χ2n) is 6.06. The van der Waals surface area contributed by atoms with Crippen molar-refractivity contribution >= 4 is 21.7 Å². The van der Waals surface area contributed by atoms with E-state index in [0.717, 1.165) is 0 Å². The second kappa shape index (κ2) is 10.2. The van der Waals surface area contributed by atoms with Gasteiger partial charge < -0.3 is 15.4 Å². The Morgan fingerprint density at radius 2 is 1.72 bits per heavy atom. The van der Waals surface area contributed by atoms with Crippen LogP contribution in [0.5, 0.6) is 5.75 Å². The Bertz CT molecular complexity index is 1000. The first-order chi connectivity index (χ1) is 13.9. The molecular formula is C20H21N3O5S. The van der Waals surface area contributed by atoms with Crippen LogP contribution in [0.15, 0.2) is 54.6 Å². The van der Waals surface area contributed by atoms with E-state index in [9.17, 15) is 18.0 Å². The Morgan fingerprint density at radius 3 is 2.38 bits per heavy atom. The van der Waals surface area contributed by atoms with E-state index >= 15 is 0 Å². The van der Waals surface area contributed by atoms with Crippen LogP contribution in [0.2, 0.25) is 0 Å². The van der Waals surface area contributed by atoms with E-state index in [1.807, 2.05) is 0 Å². The molecule has 0 bridgehead atoms. The summed E-state index contributed by atoms with van der Waals surface area (Å²) in [5.74, 6) is -1.44. The lowest BCUT2D eigenvalue weighted by molar-refractivity contribution is -0.120. The first kappa shape index (κ1) is 21.9. The molecule has 1 atom stereocenters. The average Bonchev–Trinajstić information content (AvgIpc) is 2.72. The zero-order chi connectivity index (χ0) is 21.3. The summed E-state index contributed by atoms with van der Waals surface area (Å²) in [6, 6.07) is 16.5. The van der Waals surface area contributed by atoms with Crippen LogP contribution in [0.25, 0.3) is 0 Å². The minimum absolute atomic E-state index is 0.339. The summed E-state index contributed by atoms with van der Waals surface area (Å²) >= 11 is 0. The van der Waals surface area contributed by atoms with Crippen LogP contribution in [0.1, 0.15) is 15.9 Å². The molecule has 0 saturated heterocycles. The first-order valence-electron chi connectivity index (χ1n) is 8.70. The molecule has 1 unspecified atom stereocenters. The molecule has 0 saturated carbocycles. The van der Waals surface area contributed by atoms with E-state index < -0.39 is 39.2 Å². The standard InChI is InChI=1S/C20H21N3O5S/c1-28-17-10-6-5-9-16(17)14-29(26,27)18(20(25)22-12-11-21)13-23-19(24)15-7-3-2-4-8-15/h2-10,18H,12-14H2,1H3,(H,22,25)(H,23,24). The number of sulfone groups is 1. The Hall–Kier alpha value is -3.38. The van der Waals surface area contributed by atoms with E-state index in [2.05, 4.69) is 10.6 Å². The van der Waals surface area contributed by atoms with Gasteiger partial charge in [-0.1, -0.05) is 36.4 Å². The molecule has 0 fully saturated rings. The predicted molar refractivity (Wildman–Crippen MR) is 107 cm³/mol. The van der Waals surface area contributed by atoms with Gasteiger partial charge in [-0.25, -0.2) is 8.42 Å². The number of methoxy groups -OCH3 is 1. The van der Waals surface area contributed by atoms with Crippen molar-refractivity contribution in [1.29, 1.82) is 5.26 Å². The first-order valence-corrected chi connectivity index (χ1v) is 10.4. The number of hydrogen-bond acceptors (Lipinski definition) is 6. The van der Waals surface area contributed by atoms with Crippen molar-refractivity contribution in [3.8, 4) is 11.8 Å². The van der Waals surface area contributed by atoms with Crippen molar-refractivity contribution in [1.82, 2.24) is 10.6 Å². The fourth-order valence-corrected chi connectivity index (χ4v) is 4.26. The van der Waals surface area contributed by atoms with Gasteiger partial charge in [0.1, 0.15) is 12.3 Å². The SMILES string of the molecule is COc1ccccc1CS(=O)(=O)C(CNC(=O)c1ccccc1)C(=O)NCC#N. The van der Waals surface area contributed by atoms with Gasteiger partial charge in [0.05, 0.1) is 18.9 Å². The van der Waals surface area contributed by atoms with Crippen LogP contribution in [0, 0.1) is 11.3 Å². The molecule has 2 aromatic rings. The number of benzene rings is 2. The summed E-state index contributed by atoms with van der Waals surface area (Å²) in [5, 5.41) is 11.8. The summed E-state index contributed by atoms with van der Waals surface area (Å²) in [4.78, 5) is 24.7. The van der Waals surface area contributed by atoms with Crippen LogP contribution in [0.3, 0.4) is 0 Å². The molecule has 0 aliphatic heterocycles. The third kappa shape index (κ3) is 6.05. The number of amides is 2. The lowest BCUT2D eigenvalue weighted by atomic mass is 10.2. The molecule has 2 aromatic carbocycles. The van der Waals surface area contributed by atoms with Gasteiger partial charge in [-0.15, -0.1) is 0 Å². The molecule has 2 N–H and O–H groups in total. The Kier molecular flexibility index (Phi) is 7.74. The zero-order valence-corrected chi connectivity index (χ0v) is 16.6. The number of rotatable bonds is 9. The van der Waals surface area contributed by atoms with Gasteiger partial charge in [0.15, 0.2) is 15.1 Å². The number of carbonyl (C=O) groups is 2. The summed E-state index contributed by atoms with van der Waals surface area (Å²) < 4.78 is 31.1.